The van der Waals surface area contributed by atoms with Crippen LogP contribution in [0.1, 0.15) is 16.7 Å². The highest BCUT2D eigenvalue weighted by molar-refractivity contribution is 6.31. The first-order chi connectivity index (χ1) is 15.2. The van der Waals surface area contributed by atoms with Gasteiger partial charge in [0, 0.05) is 16.1 Å². The third kappa shape index (κ3) is 3.98. The van der Waals surface area contributed by atoms with Crippen molar-refractivity contribution in [3.8, 4) is 17.2 Å². The van der Waals surface area contributed by atoms with E-state index in [9.17, 15) is 4.79 Å². The van der Waals surface area contributed by atoms with Gasteiger partial charge in [0.25, 0.3) is 0 Å². The molecule has 3 aromatic rings. The highest BCUT2D eigenvalue weighted by atomic mass is 35.5. The molecule has 154 valence electrons. The topological polar surface area (TPSA) is 66.4 Å². The number of hydrogen-bond acceptors (Lipinski definition) is 6. The van der Waals surface area contributed by atoms with Gasteiger partial charge in [-0.1, -0.05) is 47.1 Å². The molecule has 0 spiro atoms. The van der Waals surface area contributed by atoms with Gasteiger partial charge in [-0.15, -0.1) is 0 Å². The number of halogens is 1. The Labute approximate surface area is 183 Å². The number of benzene rings is 3. The van der Waals surface area contributed by atoms with Crippen LogP contribution in [0.15, 0.2) is 77.5 Å². The molecule has 2 aliphatic rings. The van der Waals surface area contributed by atoms with Crippen LogP contribution in [0.3, 0.4) is 0 Å². The number of oxime groups is 1. The maximum absolute atomic E-state index is 12.3. The van der Waals surface area contributed by atoms with Crippen molar-refractivity contribution >= 4 is 29.4 Å². The number of hydrogen-bond donors (Lipinski definition) is 0. The van der Waals surface area contributed by atoms with Crippen molar-refractivity contribution in [1.82, 2.24) is 0 Å². The second kappa shape index (κ2) is 8.16. The first-order valence-electron chi connectivity index (χ1n) is 9.55. The van der Waals surface area contributed by atoms with Crippen LogP contribution in [-0.2, 0) is 16.2 Å². The molecule has 0 N–H and O–H groups in total. The molecular formula is C24H16ClNO5. The highest BCUT2D eigenvalue weighted by Crippen LogP contribution is 2.34. The molecule has 0 bridgehead atoms. The molecule has 7 heteroatoms. The lowest BCUT2D eigenvalue weighted by atomic mass is 10.0. The van der Waals surface area contributed by atoms with Crippen LogP contribution in [0, 0.1) is 0 Å². The van der Waals surface area contributed by atoms with Gasteiger partial charge in [-0.25, -0.2) is 4.79 Å². The Morgan fingerprint density at radius 2 is 1.81 bits per heavy atom. The lowest BCUT2D eigenvalue weighted by molar-refractivity contribution is -0.136. The normalized spacial score (nSPS) is 15.7. The van der Waals surface area contributed by atoms with E-state index in [2.05, 4.69) is 5.16 Å². The smallest absolute Gasteiger partial charge is 0.368 e. The maximum Gasteiger partial charge on any atom is 0.368 e. The van der Waals surface area contributed by atoms with Crippen LogP contribution in [0.2, 0.25) is 5.02 Å². The monoisotopic (exact) mass is 433 g/mol. The molecule has 0 aromatic heterocycles. The minimum absolute atomic E-state index is 0.175. The van der Waals surface area contributed by atoms with Gasteiger partial charge >= 0.3 is 5.97 Å². The number of fused-ring (bicyclic) bond motifs is 1. The van der Waals surface area contributed by atoms with E-state index in [1.807, 2.05) is 54.6 Å². The lowest BCUT2D eigenvalue weighted by Crippen LogP contribution is -2.06. The summed E-state index contributed by atoms with van der Waals surface area (Å²) in [7, 11) is 0. The average molecular weight is 434 g/mol. The fraction of sp³-hybridized carbons (Fsp3) is 0.0833. The summed E-state index contributed by atoms with van der Waals surface area (Å²) in [4.78, 5) is 17.2. The van der Waals surface area contributed by atoms with Gasteiger partial charge < -0.3 is 19.0 Å². The molecule has 5 rings (SSSR count). The van der Waals surface area contributed by atoms with Crippen molar-refractivity contribution in [2.24, 2.45) is 5.16 Å². The van der Waals surface area contributed by atoms with Crippen LogP contribution < -0.4 is 14.2 Å². The summed E-state index contributed by atoms with van der Waals surface area (Å²) >= 11 is 6.16. The molecule has 2 heterocycles. The summed E-state index contributed by atoms with van der Waals surface area (Å²) in [6.07, 6.45) is 1.73. The average Bonchev–Trinajstić information content (AvgIpc) is 3.40. The molecule has 0 radical (unpaired) electrons. The van der Waals surface area contributed by atoms with Crippen molar-refractivity contribution in [3.63, 3.8) is 0 Å². The standard InChI is InChI=1S/C24H16ClNO5/c25-20-4-2-1-3-17(20)13-28-18-8-5-15(6-9-18)11-19-23(26-31-24(19)27)16-7-10-21-22(12-16)30-14-29-21/h1-12H,13-14H2/b19-11-. The molecule has 6 nitrogen and oxygen atoms in total. The fourth-order valence-electron chi connectivity index (χ4n) is 3.26. The lowest BCUT2D eigenvalue weighted by Gasteiger charge is -2.08. The van der Waals surface area contributed by atoms with Crippen LogP contribution in [0.5, 0.6) is 17.2 Å². The number of rotatable bonds is 5. The van der Waals surface area contributed by atoms with E-state index < -0.39 is 5.97 Å². The molecule has 0 amide bonds. The second-order valence-electron chi connectivity index (χ2n) is 6.89. The molecule has 2 aliphatic heterocycles. The van der Waals surface area contributed by atoms with Crippen LogP contribution in [0.4, 0.5) is 0 Å². The summed E-state index contributed by atoms with van der Waals surface area (Å²) in [6.45, 7) is 0.543. The minimum atomic E-state index is -0.508. The summed E-state index contributed by atoms with van der Waals surface area (Å²) in [6, 6.07) is 20.3. The van der Waals surface area contributed by atoms with E-state index in [-0.39, 0.29) is 6.79 Å². The van der Waals surface area contributed by atoms with Gasteiger partial charge in [0.15, 0.2) is 11.5 Å². The van der Waals surface area contributed by atoms with Crippen molar-refractivity contribution in [2.75, 3.05) is 6.79 Å². The molecule has 0 atom stereocenters. The van der Waals surface area contributed by atoms with Crippen LogP contribution in [-0.4, -0.2) is 18.5 Å². The number of carbonyl (C=O) groups excluding carboxylic acids is 1. The van der Waals surface area contributed by atoms with Crippen molar-refractivity contribution in [3.05, 3.63) is 94.0 Å². The first kappa shape index (κ1) is 19.2. The van der Waals surface area contributed by atoms with Gasteiger partial charge in [0.2, 0.25) is 6.79 Å². The van der Waals surface area contributed by atoms with E-state index >= 15 is 0 Å². The molecular weight excluding hydrogens is 418 g/mol. The summed E-state index contributed by atoms with van der Waals surface area (Å²) < 4.78 is 16.5. The number of ether oxygens (including phenoxy) is 3. The van der Waals surface area contributed by atoms with Crippen LogP contribution >= 0.6 is 11.6 Å². The first-order valence-corrected chi connectivity index (χ1v) is 9.93. The Morgan fingerprint density at radius 1 is 1.00 bits per heavy atom. The van der Waals surface area contributed by atoms with E-state index in [0.717, 1.165) is 11.1 Å². The highest BCUT2D eigenvalue weighted by Gasteiger charge is 2.28. The Bertz CT molecular complexity index is 1220. The zero-order valence-corrected chi connectivity index (χ0v) is 17.0. The van der Waals surface area contributed by atoms with Crippen molar-refractivity contribution in [1.29, 1.82) is 0 Å². The molecule has 31 heavy (non-hydrogen) atoms. The van der Waals surface area contributed by atoms with E-state index in [1.165, 1.54) is 0 Å². The number of carbonyl (C=O) groups is 1. The number of nitrogens with zero attached hydrogens (tertiary/aromatic N) is 1. The van der Waals surface area contributed by atoms with Crippen LogP contribution in [0.25, 0.3) is 6.08 Å². The maximum atomic E-state index is 12.3. The molecule has 0 unspecified atom stereocenters. The van der Waals surface area contributed by atoms with Gasteiger partial charge in [-0.2, -0.15) is 0 Å². The van der Waals surface area contributed by atoms with Gasteiger partial charge in [-0.05, 0) is 48.0 Å². The molecule has 0 saturated heterocycles. The van der Waals surface area contributed by atoms with E-state index in [1.54, 1.807) is 18.2 Å². The molecule has 3 aromatic carbocycles. The third-order valence-electron chi connectivity index (χ3n) is 4.88. The summed E-state index contributed by atoms with van der Waals surface area (Å²) in [5, 5.41) is 4.61. The van der Waals surface area contributed by atoms with Crippen molar-refractivity contribution < 1.29 is 23.8 Å². The third-order valence-corrected chi connectivity index (χ3v) is 5.25. The van der Waals surface area contributed by atoms with E-state index in [0.29, 0.717) is 45.7 Å². The predicted octanol–water partition coefficient (Wildman–Crippen LogP) is 4.99. The Morgan fingerprint density at radius 3 is 2.65 bits per heavy atom. The molecule has 0 aliphatic carbocycles. The second-order valence-corrected chi connectivity index (χ2v) is 7.30. The Balaban J connectivity index is 1.33. The van der Waals surface area contributed by atoms with Crippen molar-refractivity contribution in [2.45, 2.75) is 6.61 Å². The quantitative estimate of drug-likeness (QED) is 0.419. The molecule has 0 fully saturated rings. The van der Waals surface area contributed by atoms with Gasteiger partial charge in [-0.3, -0.25) is 0 Å². The predicted molar refractivity (Wildman–Crippen MR) is 115 cm³/mol. The Kier molecular flexibility index (Phi) is 5.06. The summed E-state index contributed by atoms with van der Waals surface area (Å²) in [5.41, 5.74) is 3.24. The SMILES string of the molecule is O=C1ON=C(c2ccc3c(c2)OCO3)/C1=C/c1ccc(OCc2ccccc2Cl)cc1. The summed E-state index contributed by atoms with van der Waals surface area (Å²) in [5.74, 6) is 1.46. The molecule has 0 saturated carbocycles. The largest absolute Gasteiger partial charge is 0.489 e. The Hall–Kier alpha value is -3.77. The van der Waals surface area contributed by atoms with Gasteiger partial charge in [0.1, 0.15) is 18.1 Å². The minimum Gasteiger partial charge on any atom is -0.489 e. The van der Waals surface area contributed by atoms with E-state index in [4.69, 9.17) is 30.6 Å². The zero-order valence-electron chi connectivity index (χ0n) is 16.2. The fourth-order valence-corrected chi connectivity index (χ4v) is 3.46. The van der Waals surface area contributed by atoms with Gasteiger partial charge in [0.05, 0.1) is 5.57 Å². The zero-order chi connectivity index (χ0) is 21.2.